The third-order valence-corrected chi connectivity index (χ3v) is 5.55. The number of nitrogens with one attached hydrogen (secondary N) is 1. The molecule has 3 rings (SSSR count). The van der Waals surface area contributed by atoms with Crippen molar-refractivity contribution >= 4 is 16.5 Å². The molecule has 2 fully saturated rings. The van der Waals surface area contributed by atoms with Crippen LogP contribution in [0.15, 0.2) is 0 Å². The zero-order valence-corrected chi connectivity index (χ0v) is 13.6. The molecule has 1 atom stereocenters. The fourth-order valence-corrected chi connectivity index (χ4v) is 4.28. The fraction of sp³-hybridized carbons (Fsp3) is 0.812. The predicted molar refractivity (Wildman–Crippen MR) is 86.7 cm³/mol. The molecule has 3 nitrogen and oxygen atoms in total. The summed E-state index contributed by atoms with van der Waals surface area (Å²) in [4.78, 5) is 9.07. The smallest absolute Gasteiger partial charge is 0.186 e. The predicted octanol–water partition coefficient (Wildman–Crippen LogP) is 3.90. The highest BCUT2D eigenvalue weighted by molar-refractivity contribution is 7.15. The maximum absolute atomic E-state index is 5.03. The molecule has 1 saturated heterocycles. The Morgan fingerprint density at radius 2 is 2.15 bits per heavy atom. The molecule has 1 unspecified atom stereocenters. The summed E-state index contributed by atoms with van der Waals surface area (Å²) in [6.07, 6.45) is 7.92. The highest BCUT2D eigenvalue weighted by Gasteiger charge is 2.31. The van der Waals surface area contributed by atoms with Gasteiger partial charge in [0, 0.05) is 29.9 Å². The summed E-state index contributed by atoms with van der Waals surface area (Å²) in [5.74, 6) is 0.763. The third-order valence-electron chi connectivity index (χ3n) is 4.44. The molecule has 2 heterocycles. The van der Waals surface area contributed by atoms with Gasteiger partial charge in [-0.25, -0.2) is 4.98 Å². The Balaban J connectivity index is 1.75. The highest BCUT2D eigenvalue weighted by Crippen LogP contribution is 2.44. The normalized spacial score (nSPS) is 23.3. The first kappa shape index (κ1) is 14.3. The summed E-state index contributed by atoms with van der Waals surface area (Å²) in [5, 5.41) is 4.84. The van der Waals surface area contributed by atoms with Crippen molar-refractivity contribution in [2.45, 2.75) is 70.9 Å². The zero-order valence-electron chi connectivity index (χ0n) is 12.8. The van der Waals surface area contributed by atoms with Crippen molar-refractivity contribution in [3.63, 3.8) is 0 Å². The zero-order chi connectivity index (χ0) is 13.9. The second-order valence-electron chi connectivity index (χ2n) is 6.29. The molecule has 1 N–H and O–H groups in total. The summed E-state index contributed by atoms with van der Waals surface area (Å²) < 4.78 is 0. The first-order chi connectivity index (χ1) is 9.79. The average molecular weight is 293 g/mol. The molecule has 1 aromatic heterocycles. The Kier molecular flexibility index (Phi) is 4.61. The van der Waals surface area contributed by atoms with Crippen LogP contribution in [-0.2, 0) is 6.54 Å². The van der Waals surface area contributed by atoms with Crippen molar-refractivity contribution in [1.82, 2.24) is 10.3 Å². The minimum absolute atomic E-state index is 0.665. The first-order valence-corrected chi connectivity index (χ1v) is 9.08. The molecule has 0 aromatic carbocycles. The number of hydrogen-bond acceptors (Lipinski definition) is 4. The van der Waals surface area contributed by atoms with Crippen molar-refractivity contribution < 1.29 is 0 Å². The molecule has 1 aliphatic heterocycles. The van der Waals surface area contributed by atoms with Gasteiger partial charge in [0.05, 0.1) is 5.69 Å². The van der Waals surface area contributed by atoms with Crippen LogP contribution in [0.2, 0.25) is 0 Å². The van der Waals surface area contributed by atoms with Gasteiger partial charge in [-0.05, 0) is 52.0 Å². The van der Waals surface area contributed by atoms with E-state index >= 15 is 0 Å². The van der Waals surface area contributed by atoms with E-state index in [1.807, 2.05) is 11.3 Å². The molecule has 0 spiro atoms. The monoisotopic (exact) mass is 293 g/mol. The van der Waals surface area contributed by atoms with Crippen molar-refractivity contribution in [2.75, 3.05) is 18.0 Å². The van der Waals surface area contributed by atoms with Gasteiger partial charge >= 0.3 is 0 Å². The summed E-state index contributed by atoms with van der Waals surface area (Å²) in [6.45, 7) is 7.90. The Morgan fingerprint density at radius 3 is 2.85 bits per heavy atom. The van der Waals surface area contributed by atoms with E-state index in [-0.39, 0.29) is 0 Å². The summed E-state index contributed by atoms with van der Waals surface area (Å²) in [5.41, 5.74) is 1.41. The van der Waals surface area contributed by atoms with Crippen LogP contribution < -0.4 is 10.2 Å². The minimum Gasteiger partial charge on any atom is -0.345 e. The lowest BCUT2D eigenvalue weighted by Crippen LogP contribution is -2.37. The highest BCUT2D eigenvalue weighted by atomic mass is 32.1. The van der Waals surface area contributed by atoms with Crippen LogP contribution in [0.5, 0.6) is 0 Å². The average Bonchev–Trinajstić information content (AvgIpc) is 3.21. The molecule has 1 aromatic rings. The quantitative estimate of drug-likeness (QED) is 0.806. The number of nitrogens with zero attached hydrogens (tertiary/aromatic N) is 2. The molecule has 20 heavy (non-hydrogen) atoms. The molecule has 0 radical (unpaired) electrons. The van der Waals surface area contributed by atoms with Crippen LogP contribution >= 0.6 is 11.3 Å². The Morgan fingerprint density at radius 1 is 1.30 bits per heavy atom. The lowest BCUT2D eigenvalue weighted by molar-refractivity contribution is 0.484. The number of hydrogen-bond donors (Lipinski definition) is 1. The molecule has 1 aliphatic carbocycles. The standard InChI is InChI=1S/C16H27N3S/c1-3-9-17-11-14-15(13-7-8-13)18-16(20-14)19-10-5-4-6-12(19)2/h12-13,17H,3-11H2,1-2H3. The van der Waals surface area contributed by atoms with E-state index in [0.717, 1.165) is 19.0 Å². The maximum atomic E-state index is 5.03. The fourth-order valence-electron chi connectivity index (χ4n) is 3.04. The molecular formula is C16H27N3S. The van der Waals surface area contributed by atoms with E-state index in [4.69, 9.17) is 4.98 Å². The van der Waals surface area contributed by atoms with Crippen molar-refractivity contribution in [3.05, 3.63) is 10.6 Å². The van der Waals surface area contributed by atoms with Crippen molar-refractivity contribution in [3.8, 4) is 0 Å². The number of anilines is 1. The molecular weight excluding hydrogens is 266 g/mol. The Hall–Kier alpha value is -0.610. The van der Waals surface area contributed by atoms with E-state index in [2.05, 4.69) is 24.1 Å². The van der Waals surface area contributed by atoms with Gasteiger partial charge in [-0.1, -0.05) is 6.92 Å². The van der Waals surface area contributed by atoms with Crippen LogP contribution in [0.3, 0.4) is 0 Å². The molecule has 1 saturated carbocycles. The second kappa shape index (κ2) is 6.44. The van der Waals surface area contributed by atoms with Crippen LogP contribution in [-0.4, -0.2) is 24.1 Å². The van der Waals surface area contributed by atoms with Crippen LogP contribution in [0.1, 0.15) is 68.9 Å². The SMILES string of the molecule is CCCNCc1sc(N2CCCCC2C)nc1C1CC1. The molecule has 4 heteroatoms. The van der Waals surface area contributed by atoms with Gasteiger partial charge in [0.15, 0.2) is 5.13 Å². The van der Waals surface area contributed by atoms with Gasteiger partial charge in [-0.3, -0.25) is 0 Å². The van der Waals surface area contributed by atoms with Crippen LogP contribution in [0.4, 0.5) is 5.13 Å². The number of thiazole rings is 1. The van der Waals surface area contributed by atoms with Gasteiger partial charge in [0.2, 0.25) is 0 Å². The number of piperidine rings is 1. The number of aromatic nitrogens is 1. The Labute approximate surface area is 126 Å². The number of rotatable bonds is 6. The van der Waals surface area contributed by atoms with E-state index < -0.39 is 0 Å². The minimum atomic E-state index is 0.665. The van der Waals surface area contributed by atoms with Gasteiger partial charge in [0.1, 0.15) is 0 Å². The topological polar surface area (TPSA) is 28.2 Å². The summed E-state index contributed by atoms with van der Waals surface area (Å²) in [7, 11) is 0. The molecule has 0 bridgehead atoms. The second-order valence-corrected chi connectivity index (χ2v) is 7.36. The maximum Gasteiger partial charge on any atom is 0.186 e. The van der Waals surface area contributed by atoms with Crippen LogP contribution in [0.25, 0.3) is 0 Å². The van der Waals surface area contributed by atoms with E-state index in [1.165, 1.54) is 60.8 Å². The van der Waals surface area contributed by atoms with Crippen molar-refractivity contribution in [1.29, 1.82) is 0 Å². The van der Waals surface area contributed by atoms with Gasteiger partial charge in [0.25, 0.3) is 0 Å². The van der Waals surface area contributed by atoms with E-state index in [0.29, 0.717) is 6.04 Å². The molecule has 2 aliphatic rings. The van der Waals surface area contributed by atoms with Gasteiger partial charge in [-0.2, -0.15) is 0 Å². The molecule has 0 amide bonds. The Bertz CT molecular complexity index is 439. The first-order valence-electron chi connectivity index (χ1n) is 8.26. The van der Waals surface area contributed by atoms with Gasteiger partial charge < -0.3 is 10.2 Å². The van der Waals surface area contributed by atoms with Crippen LogP contribution in [0, 0.1) is 0 Å². The third kappa shape index (κ3) is 3.17. The lowest BCUT2D eigenvalue weighted by Gasteiger charge is -2.33. The van der Waals surface area contributed by atoms with Crippen molar-refractivity contribution in [2.24, 2.45) is 0 Å². The largest absolute Gasteiger partial charge is 0.345 e. The van der Waals surface area contributed by atoms with Gasteiger partial charge in [-0.15, -0.1) is 11.3 Å². The molecule has 112 valence electrons. The van der Waals surface area contributed by atoms with E-state index in [9.17, 15) is 0 Å². The lowest BCUT2D eigenvalue weighted by atomic mass is 10.0. The summed E-state index contributed by atoms with van der Waals surface area (Å²) >= 11 is 1.94. The summed E-state index contributed by atoms with van der Waals surface area (Å²) in [6, 6.07) is 0.665. The van der Waals surface area contributed by atoms with E-state index in [1.54, 1.807) is 0 Å².